The molecule has 236 valence electrons. The highest BCUT2D eigenvalue weighted by molar-refractivity contribution is 8.21. The Balaban J connectivity index is 2.49. The van der Waals surface area contributed by atoms with Gasteiger partial charge in [-0.15, -0.1) is 29.1 Å². The molecule has 0 aliphatic carbocycles. The molecule has 1 amide bonds. The van der Waals surface area contributed by atoms with E-state index in [1.54, 1.807) is 0 Å². The summed E-state index contributed by atoms with van der Waals surface area (Å²) in [7, 11) is -0.609. The van der Waals surface area contributed by atoms with E-state index >= 15 is 0 Å². The topological polar surface area (TPSA) is 73.9 Å². The Kier molecular flexibility index (Phi) is 13.3. The molecule has 2 heterocycles. The number of hydrogen-bond acceptors (Lipinski definition) is 7. The van der Waals surface area contributed by atoms with E-state index in [4.69, 9.17) is 14.2 Å². The second-order valence-electron chi connectivity index (χ2n) is 13.8. The van der Waals surface area contributed by atoms with Crippen LogP contribution in [0.5, 0.6) is 0 Å². The van der Waals surface area contributed by atoms with Gasteiger partial charge in [0.1, 0.15) is 20.2 Å². The lowest BCUT2D eigenvalue weighted by atomic mass is 9.83. The summed E-state index contributed by atoms with van der Waals surface area (Å²) in [4.78, 5) is 26.6. The van der Waals surface area contributed by atoms with Crippen LogP contribution in [0.1, 0.15) is 95.9 Å². The third kappa shape index (κ3) is 8.94. The second-order valence-corrected chi connectivity index (χ2v) is 22.8. The molecule has 0 bridgehead atoms. The molecule has 2 rings (SSSR count). The van der Waals surface area contributed by atoms with Gasteiger partial charge in [0, 0.05) is 17.4 Å². The molecule has 2 aliphatic rings. The predicted octanol–water partition coefficient (Wildman–Crippen LogP) is 7.27. The third-order valence-corrected chi connectivity index (χ3v) is 18.8. The lowest BCUT2D eigenvalue weighted by Gasteiger charge is -2.46. The fourth-order valence-electron chi connectivity index (χ4n) is 6.74. The monoisotopic (exact) mass is 627 g/mol. The minimum atomic E-state index is -1.97. The summed E-state index contributed by atoms with van der Waals surface area (Å²) in [6.45, 7) is 25.9. The van der Waals surface area contributed by atoms with Crippen LogP contribution in [0.25, 0.3) is 0 Å². The summed E-state index contributed by atoms with van der Waals surface area (Å²) in [6, 6.07) is -0.714. The molecule has 0 aromatic carbocycles. The van der Waals surface area contributed by atoms with E-state index in [0.717, 1.165) is 17.9 Å². The van der Waals surface area contributed by atoms with Crippen LogP contribution in [0, 0.1) is 29.2 Å². The van der Waals surface area contributed by atoms with Crippen molar-refractivity contribution < 1.29 is 23.8 Å². The van der Waals surface area contributed by atoms with Crippen LogP contribution in [0.3, 0.4) is 0 Å². The Bertz CT molecular complexity index is 930. The largest absolute Gasteiger partial charge is 0.467 e. The van der Waals surface area contributed by atoms with Crippen molar-refractivity contribution in [2.24, 2.45) is 17.8 Å². The highest BCUT2D eigenvalue weighted by Gasteiger charge is 2.48. The molecule has 0 unspecified atom stereocenters. The summed E-state index contributed by atoms with van der Waals surface area (Å²) >= 11 is 3.93. The number of nitrogens with one attached hydrogen (secondary N) is 1. The Morgan fingerprint density at radius 3 is 1.98 bits per heavy atom. The van der Waals surface area contributed by atoms with E-state index in [1.807, 2.05) is 51.2 Å². The molecule has 0 radical (unpaired) electrons. The van der Waals surface area contributed by atoms with Gasteiger partial charge in [-0.1, -0.05) is 68.2 Å². The van der Waals surface area contributed by atoms with Gasteiger partial charge in [-0.25, -0.2) is 4.79 Å². The Morgan fingerprint density at radius 1 is 0.976 bits per heavy atom. The van der Waals surface area contributed by atoms with Crippen LogP contribution < -0.4 is 5.32 Å². The molecule has 2 fully saturated rings. The maximum absolute atomic E-state index is 14.1. The van der Waals surface area contributed by atoms with E-state index in [2.05, 4.69) is 72.2 Å². The Hall–Kier alpha value is -0.663. The van der Waals surface area contributed by atoms with Crippen molar-refractivity contribution in [3.63, 3.8) is 0 Å². The minimum Gasteiger partial charge on any atom is -0.467 e. The van der Waals surface area contributed by atoms with Crippen molar-refractivity contribution in [2.75, 3.05) is 18.6 Å². The fourth-order valence-corrected chi connectivity index (χ4v) is 14.9. The van der Waals surface area contributed by atoms with Crippen LogP contribution in [0.4, 0.5) is 0 Å². The summed E-state index contributed by atoms with van der Waals surface area (Å²) in [5.74, 6) is 3.70. The van der Waals surface area contributed by atoms with Crippen molar-refractivity contribution in [3.05, 3.63) is 0 Å². The van der Waals surface area contributed by atoms with Crippen molar-refractivity contribution in [1.29, 1.82) is 0 Å². The average Bonchev–Trinajstić information content (AvgIpc) is 3.30. The molecule has 0 spiro atoms. The molecule has 0 aromatic heterocycles. The molecular formula is C32H57NO5S2Si. The normalized spacial score (nSPS) is 25.6. The maximum Gasteiger partial charge on any atom is 0.328 e. The molecule has 0 aromatic rings. The van der Waals surface area contributed by atoms with Crippen LogP contribution in [0.2, 0.25) is 16.6 Å². The van der Waals surface area contributed by atoms with Crippen molar-refractivity contribution in [1.82, 2.24) is 5.32 Å². The lowest BCUT2D eigenvalue weighted by Crippen LogP contribution is -2.57. The average molecular weight is 628 g/mol. The Morgan fingerprint density at radius 2 is 1.51 bits per heavy atom. The van der Waals surface area contributed by atoms with E-state index < -0.39 is 37.9 Å². The molecule has 41 heavy (non-hydrogen) atoms. The highest BCUT2D eigenvalue weighted by atomic mass is 32.2. The Labute approximate surface area is 260 Å². The minimum absolute atomic E-state index is 0.0679. The van der Waals surface area contributed by atoms with Gasteiger partial charge >= 0.3 is 5.97 Å². The number of thioether (sulfide) groups is 2. The van der Waals surface area contributed by atoms with Gasteiger partial charge < -0.3 is 19.5 Å². The SMILES string of the molecule is COC(=O)[C@@H](NC(=O)[C@H](CCC1(C)SCCS1)[C@@H]1OC(C)(C)O[C@@H](C#C[Si](C(C)C)(C(C)C)C(C)C)[C@@H]1C)C(C)C. The number of carbonyl (C=O) groups excluding carboxylic acids is 2. The van der Waals surface area contributed by atoms with Crippen LogP contribution in [-0.2, 0) is 23.8 Å². The first kappa shape index (κ1) is 36.5. The number of ether oxygens (including phenoxy) is 3. The van der Waals surface area contributed by atoms with Crippen molar-refractivity contribution in [3.8, 4) is 11.5 Å². The van der Waals surface area contributed by atoms with E-state index in [9.17, 15) is 9.59 Å². The molecule has 9 heteroatoms. The van der Waals surface area contributed by atoms with Crippen LogP contribution in [-0.4, -0.2) is 66.7 Å². The zero-order valence-electron chi connectivity index (χ0n) is 27.9. The first-order valence-electron chi connectivity index (χ1n) is 15.4. The zero-order valence-corrected chi connectivity index (χ0v) is 30.5. The predicted molar refractivity (Wildman–Crippen MR) is 177 cm³/mol. The summed E-state index contributed by atoms with van der Waals surface area (Å²) < 4.78 is 18.1. The van der Waals surface area contributed by atoms with Gasteiger partial charge in [0.15, 0.2) is 5.79 Å². The molecule has 2 aliphatic heterocycles. The van der Waals surface area contributed by atoms with E-state index in [-0.39, 0.29) is 27.9 Å². The van der Waals surface area contributed by atoms with Gasteiger partial charge in [-0.05, 0) is 56.2 Å². The smallest absolute Gasteiger partial charge is 0.328 e. The second kappa shape index (κ2) is 14.9. The van der Waals surface area contributed by atoms with E-state index in [0.29, 0.717) is 23.0 Å². The molecule has 6 nitrogen and oxygen atoms in total. The first-order valence-corrected chi connectivity index (χ1v) is 19.7. The van der Waals surface area contributed by atoms with Crippen LogP contribution >= 0.6 is 23.5 Å². The van der Waals surface area contributed by atoms with Gasteiger partial charge in [0.05, 0.1) is 23.2 Å². The van der Waals surface area contributed by atoms with Crippen molar-refractivity contribution in [2.45, 2.75) is 141 Å². The number of carbonyl (C=O) groups is 2. The lowest BCUT2D eigenvalue weighted by molar-refractivity contribution is -0.314. The van der Waals surface area contributed by atoms with Gasteiger partial charge in [0.2, 0.25) is 5.91 Å². The summed E-state index contributed by atoms with van der Waals surface area (Å²) in [5, 5.41) is 3.04. The third-order valence-electron chi connectivity index (χ3n) is 9.08. The molecule has 0 saturated carbocycles. The van der Waals surface area contributed by atoms with Crippen LogP contribution in [0.15, 0.2) is 0 Å². The first-order chi connectivity index (χ1) is 18.9. The quantitative estimate of drug-likeness (QED) is 0.147. The molecule has 5 atom stereocenters. The molecule has 1 N–H and O–H groups in total. The summed E-state index contributed by atoms with van der Waals surface area (Å²) in [6.07, 6.45) is 0.771. The molecule has 2 saturated heterocycles. The van der Waals surface area contributed by atoms with E-state index in [1.165, 1.54) is 7.11 Å². The molecular weight excluding hydrogens is 571 g/mol. The van der Waals surface area contributed by atoms with Gasteiger partial charge in [0.25, 0.3) is 0 Å². The standard InChI is InChI=1S/C32H57NO5S2Si/c1-20(2)27(30(35)36-13)33-29(34)25(14-16-32(12)39-17-18-40-32)28-24(9)26(37-31(10,11)38-28)15-19-41(21(3)4,22(5)6)23(7)8/h20-28H,14,16-18H2,1-13H3,(H,33,34)/t24-,25+,26-,27-,28+/m0/s1. The highest BCUT2D eigenvalue weighted by Crippen LogP contribution is 2.48. The zero-order chi connectivity index (χ0) is 31.3. The van der Waals surface area contributed by atoms with Gasteiger partial charge in [-0.2, -0.15) is 0 Å². The number of rotatable bonds is 11. The number of esters is 1. The number of amides is 1. The number of hydrogen-bond donors (Lipinski definition) is 1. The number of methoxy groups -OCH3 is 1. The van der Waals surface area contributed by atoms with Crippen molar-refractivity contribution >= 4 is 43.5 Å². The maximum atomic E-state index is 14.1. The fraction of sp³-hybridized carbons (Fsp3) is 0.875. The summed E-state index contributed by atoms with van der Waals surface area (Å²) in [5.41, 5.74) is 5.39. The van der Waals surface area contributed by atoms with Gasteiger partial charge in [-0.3, -0.25) is 4.79 Å².